The van der Waals surface area contributed by atoms with E-state index in [-0.39, 0.29) is 0 Å². The molecule has 2 heterocycles. The summed E-state index contributed by atoms with van der Waals surface area (Å²) in [5, 5.41) is 4.93. The second-order valence-corrected chi connectivity index (χ2v) is 5.23. The highest BCUT2D eigenvalue weighted by Gasteiger charge is 2.01. The Bertz CT molecular complexity index is 496. The van der Waals surface area contributed by atoms with E-state index in [4.69, 9.17) is 11.6 Å². The first-order valence-corrected chi connectivity index (χ1v) is 6.12. The van der Waals surface area contributed by atoms with Gasteiger partial charge < -0.3 is 5.32 Å². The molecule has 0 aromatic carbocycles. The van der Waals surface area contributed by atoms with Crippen LogP contribution >= 0.6 is 22.9 Å². The molecule has 1 N–H and O–H groups in total. The lowest BCUT2D eigenvalue weighted by atomic mass is 10.2. The average Bonchev–Trinajstić information content (AvgIpc) is 2.63. The lowest BCUT2D eigenvalue weighted by Gasteiger charge is -2.07. The number of nitrogens with one attached hydrogen (secondary N) is 1. The van der Waals surface area contributed by atoms with Gasteiger partial charge in [0.15, 0.2) is 0 Å². The Kier molecular flexibility index (Phi) is 3.41. The fraction of sp³-hybridized carbons (Fsp3) is 0.273. The predicted octanol–water partition coefficient (Wildman–Crippen LogP) is 3.42. The maximum absolute atomic E-state index is 5.79. The molecule has 0 aliphatic carbocycles. The molecule has 0 amide bonds. The van der Waals surface area contributed by atoms with E-state index in [0.29, 0.717) is 5.15 Å². The number of hydrogen-bond acceptors (Lipinski definition) is 4. The standard InChI is InChI=1S/C11H12ClN3S/c1-7-3-11(12)15-6-10(7)14-5-9-4-13-8(2)16-9/h3-4,6,14H,5H2,1-2H3. The Morgan fingerprint density at radius 2 is 2.12 bits per heavy atom. The summed E-state index contributed by atoms with van der Waals surface area (Å²) in [5.41, 5.74) is 2.11. The van der Waals surface area contributed by atoms with Crippen LogP contribution in [0.1, 0.15) is 15.4 Å². The molecule has 2 rings (SSSR count). The minimum atomic E-state index is 0.525. The quantitative estimate of drug-likeness (QED) is 0.852. The molecule has 3 nitrogen and oxygen atoms in total. The summed E-state index contributed by atoms with van der Waals surface area (Å²) in [4.78, 5) is 9.47. The first-order valence-electron chi connectivity index (χ1n) is 4.92. The van der Waals surface area contributed by atoms with E-state index < -0.39 is 0 Å². The predicted molar refractivity (Wildman–Crippen MR) is 68.2 cm³/mol. The number of thiazole rings is 1. The molecule has 0 aliphatic heterocycles. The van der Waals surface area contributed by atoms with Gasteiger partial charge in [-0.25, -0.2) is 9.97 Å². The Hall–Kier alpha value is -1.13. The van der Waals surface area contributed by atoms with Gasteiger partial charge in [0.05, 0.1) is 23.4 Å². The summed E-state index contributed by atoms with van der Waals surface area (Å²) in [7, 11) is 0. The number of halogens is 1. The summed E-state index contributed by atoms with van der Waals surface area (Å²) >= 11 is 7.49. The molecule has 16 heavy (non-hydrogen) atoms. The SMILES string of the molecule is Cc1ncc(CNc2cnc(Cl)cc2C)s1. The van der Waals surface area contributed by atoms with Gasteiger partial charge in [0, 0.05) is 11.1 Å². The van der Waals surface area contributed by atoms with Gasteiger partial charge in [-0.05, 0) is 25.5 Å². The van der Waals surface area contributed by atoms with Gasteiger partial charge in [-0.2, -0.15) is 0 Å². The number of pyridine rings is 1. The molecule has 0 saturated heterocycles. The molecule has 0 saturated carbocycles. The van der Waals surface area contributed by atoms with Crippen molar-refractivity contribution >= 4 is 28.6 Å². The van der Waals surface area contributed by atoms with Crippen LogP contribution in [-0.4, -0.2) is 9.97 Å². The molecule has 2 aromatic rings. The third-order valence-corrected chi connectivity index (χ3v) is 3.32. The van der Waals surface area contributed by atoms with Crippen LogP contribution in [0.25, 0.3) is 0 Å². The molecule has 0 atom stereocenters. The van der Waals surface area contributed by atoms with Gasteiger partial charge in [0.1, 0.15) is 5.15 Å². The first-order chi connectivity index (χ1) is 7.65. The zero-order chi connectivity index (χ0) is 11.5. The summed E-state index contributed by atoms with van der Waals surface area (Å²) in [5.74, 6) is 0. The molecule has 0 bridgehead atoms. The van der Waals surface area contributed by atoms with Crippen LogP contribution in [0, 0.1) is 13.8 Å². The minimum Gasteiger partial charge on any atom is -0.379 e. The van der Waals surface area contributed by atoms with Crippen molar-refractivity contribution in [3.8, 4) is 0 Å². The molecule has 2 aromatic heterocycles. The highest BCUT2D eigenvalue weighted by molar-refractivity contribution is 7.11. The zero-order valence-corrected chi connectivity index (χ0v) is 10.7. The average molecular weight is 254 g/mol. The molecule has 0 aliphatic rings. The van der Waals surface area contributed by atoms with Crippen molar-refractivity contribution in [1.29, 1.82) is 0 Å². The highest BCUT2D eigenvalue weighted by atomic mass is 35.5. The van der Waals surface area contributed by atoms with Gasteiger partial charge in [-0.1, -0.05) is 11.6 Å². The molecule has 5 heteroatoms. The largest absolute Gasteiger partial charge is 0.379 e. The van der Waals surface area contributed by atoms with Crippen LogP contribution in [-0.2, 0) is 6.54 Å². The van der Waals surface area contributed by atoms with Crippen LogP contribution in [0.15, 0.2) is 18.5 Å². The minimum absolute atomic E-state index is 0.525. The van der Waals surface area contributed by atoms with Gasteiger partial charge in [0.25, 0.3) is 0 Å². The van der Waals surface area contributed by atoms with Crippen LogP contribution in [0.4, 0.5) is 5.69 Å². The Morgan fingerprint density at radius 3 is 2.75 bits per heavy atom. The Labute approximate surface area is 104 Å². The van der Waals surface area contributed by atoms with Crippen LogP contribution in [0.3, 0.4) is 0 Å². The highest BCUT2D eigenvalue weighted by Crippen LogP contribution is 2.19. The molecule has 0 fully saturated rings. The van der Waals surface area contributed by atoms with Crippen molar-refractivity contribution < 1.29 is 0 Å². The van der Waals surface area contributed by atoms with Gasteiger partial charge in [-0.3, -0.25) is 0 Å². The molecular formula is C11H12ClN3S. The Morgan fingerprint density at radius 1 is 1.31 bits per heavy atom. The maximum atomic E-state index is 5.79. The van der Waals surface area contributed by atoms with Crippen LogP contribution < -0.4 is 5.32 Å². The van der Waals surface area contributed by atoms with E-state index in [9.17, 15) is 0 Å². The molecular weight excluding hydrogens is 242 g/mol. The number of anilines is 1. The van der Waals surface area contributed by atoms with Crippen molar-refractivity contribution in [1.82, 2.24) is 9.97 Å². The molecule has 0 unspecified atom stereocenters. The summed E-state index contributed by atoms with van der Waals surface area (Å²) in [6.07, 6.45) is 3.65. The van der Waals surface area contributed by atoms with Crippen molar-refractivity contribution in [2.24, 2.45) is 0 Å². The van der Waals surface area contributed by atoms with Crippen molar-refractivity contribution in [2.45, 2.75) is 20.4 Å². The number of aromatic nitrogens is 2. The van der Waals surface area contributed by atoms with E-state index in [0.717, 1.165) is 22.8 Å². The monoisotopic (exact) mass is 253 g/mol. The van der Waals surface area contributed by atoms with Gasteiger partial charge in [0.2, 0.25) is 0 Å². The molecule has 0 radical (unpaired) electrons. The lowest BCUT2D eigenvalue weighted by molar-refractivity contribution is 1.14. The van der Waals surface area contributed by atoms with Gasteiger partial charge >= 0.3 is 0 Å². The third-order valence-electron chi connectivity index (χ3n) is 2.20. The van der Waals surface area contributed by atoms with E-state index in [1.165, 1.54) is 4.88 Å². The maximum Gasteiger partial charge on any atom is 0.129 e. The van der Waals surface area contributed by atoms with E-state index in [1.807, 2.05) is 26.1 Å². The smallest absolute Gasteiger partial charge is 0.129 e. The Balaban J connectivity index is 2.04. The summed E-state index contributed by atoms with van der Waals surface area (Å²) < 4.78 is 0. The van der Waals surface area contributed by atoms with Gasteiger partial charge in [-0.15, -0.1) is 11.3 Å². The summed E-state index contributed by atoms with van der Waals surface area (Å²) in [6, 6.07) is 1.85. The van der Waals surface area contributed by atoms with Crippen LogP contribution in [0.5, 0.6) is 0 Å². The zero-order valence-electron chi connectivity index (χ0n) is 9.12. The second-order valence-electron chi connectivity index (χ2n) is 3.52. The fourth-order valence-electron chi connectivity index (χ4n) is 1.38. The van der Waals surface area contributed by atoms with E-state index in [1.54, 1.807) is 17.5 Å². The number of hydrogen-bond donors (Lipinski definition) is 1. The van der Waals surface area contributed by atoms with E-state index >= 15 is 0 Å². The molecule has 84 valence electrons. The fourth-order valence-corrected chi connectivity index (χ4v) is 2.32. The summed E-state index contributed by atoms with van der Waals surface area (Å²) in [6.45, 7) is 4.78. The number of aryl methyl sites for hydroxylation is 2. The molecule has 0 spiro atoms. The van der Waals surface area contributed by atoms with Crippen molar-refractivity contribution in [3.05, 3.63) is 39.1 Å². The van der Waals surface area contributed by atoms with E-state index in [2.05, 4.69) is 15.3 Å². The van der Waals surface area contributed by atoms with Crippen LogP contribution in [0.2, 0.25) is 5.15 Å². The van der Waals surface area contributed by atoms with Crippen molar-refractivity contribution in [3.63, 3.8) is 0 Å². The normalized spacial score (nSPS) is 10.4. The third kappa shape index (κ3) is 2.71. The number of rotatable bonds is 3. The first kappa shape index (κ1) is 11.4. The van der Waals surface area contributed by atoms with Crippen molar-refractivity contribution in [2.75, 3.05) is 5.32 Å². The second kappa shape index (κ2) is 4.80. The topological polar surface area (TPSA) is 37.8 Å². The lowest BCUT2D eigenvalue weighted by Crippen LogP contribution is -2.00. The number of nitrogens with zero attached hydrogens (tertiary/aromatic N) is 2.